The summed E-state index contributed by atoms with van der Waals surface area (Å²) in [6, 6.07) is 14.2. The number of fused-ring (bicyclic) bond motifs is 3. The molecule has 1 saturated carbocycles. The molecule has 0 bridgehead atoms. The summed E-state index contributed by atoms with van der Waals surface area (Å²) in [4.78, 5) is 10.9. The van der Waals surface area contributed by atoms with Crippen LogP contribution in [0.25, 0.3) is 0 Å². The topological polar surface area (TPSA) is 111 Å². The van der Waals surface area contributed by atoms with E-state index in [1.54, 1.807) is 19.2 Å². The monoisotopic (exact) mass is 447 g/mol. The third-order valence-electron chi connectivity index (χ3n) is 5.76. The first-order chi connectivity index (χ1) is 14.9. The van der Waals surface area contributed by atoms with E-state index in [-0.39, 0.29) is 23.9 Å². The molecule has 4 atom stereocenters. The van der Waals surface area contributed by atoms with Crippen LogP contribution in [0.5, 0.6) is 11.5 Å². The van der Waals surface area contributed by atoms with Gasteiger partial charge in [0.05, 0.1) is 17.9 Å². The third kappa shape index (κ3) is 4.68. The number of ether oxygens (including phenoxy) is 3. The van der Waals surface area contributed by atoms with Crippen molar-refractivity contribution >= 4 is 16.0 Å². The minimum Gasteiger partial charge on any atom is -0.485 e. The molecule has 0 radical (unpaired) electrons. The molecule has 2 aromatic rings. The Morgan fingerprint density at radius 1 is 1.19 bits per heavy atom. The van der Waals surface area contributed by atoms with Crippen molar-refractivity contribution in [2.75, 3.05) is 19.5 Å². The van der Waals surface area contributed by atoms with E-state index in [0.717, 1.165) is 11.1 Å². The van der Waals surface area contributed by atoms with E-state index in [4.69, 9.17) is 19.3 Å². The third-order valence-corrected chi connectivity index (χ3v) is 7.13. The van der Waals surface area contributed by atoms with Crippen molar-refractivity contribution in [1.29, 1.82) is 0 Å². The lowest BCUT2D eigenvalue weighted by Crippen LogP contribution is -2.45. The molecule has 4 rings (SSSR count). The molecule has 1 aliphatic heterocycles. The van der Waals surface area contributed by atoms with Gasteiger partial charge in [0.2, 0.25) is 10.0 Å². The van der Waals surface area contributed by atoms with Crippen molar-refractivity contribution in [2.24, 2.45) is 0 Å². The predicted molar refractivity (Wildman–Crippen MR) is 113 cm³/mol. The maximum Gasteiger partial charge on any atom is 0.341 e. The van der Waals surface area contributed by atoms with Gasteiger partial charge in [-0.1, -0.05) is 42.5 Å². The highest BCUT2D eigenvalue weighted by molar-refractivity contribution is 7.89. The first kappa shape index (κ1) is 21.6. The molecule has 1 fully saturated rings. The van der Waals surface area contributed by atoms with Gasteiger partial charge in [-0.05, 0) is 18.1 Å². The van der Waals surface area contributed by atoms with Gasteiger partial charge in [-0.2, -0.15) is 0 Å². The van der Waals surface area contributed by atoms with Gasteiger partial charge in [0.1, 0.15) is 6.10 Å². The van der Waals surface area contributed by atoms with Crippen LogP contribution in [0.15, 0.2) is 48.5 Å². The van der Waals surface area contributed by atoms with Crippen LogP contribution in [0, 0.1) is 0 Å². The summed E-state index contributed by atoms with van der Waals surface area (Å²) in [7, 11) is -2.01. The first-order valence-corrected chi connectivity index (χ1v) is 11.7. The van der Waals surface area contributed by atoms with Crippen LogP contribution in [-0.2, 0) is 26.0 Å². The molecule has 2 aliphatic rings. The molecular weight excluding hydrogens is 422 g/mol. The Kier molecular flexibility index (Phi) is 6.17. The zero-order chi connectivity index (χ0) is 22.0. The molecule has 31 heavy (non-hydrogen) atoms. The first-order valence-electron chi connectivity index (χ1n) is 10.1. The minimum atomic E-state index is -3.57. The Balaban J connectivity index is 1.53. The van der Waals surface area contributed by atoms with Gasteiger partial charge in [-0.25, -0.2) is 17.9 Å². The summed E-state index contributed by atoms with van der Waals surface area (Å²) in [6.45, 7) is -0.481. The molecule has 9 heteroatoms. The van der Waals surface area contributed by atoms with Gasteiger partial charge in [-0.15, -0.1) is 0 Å². The summed E-state index contributed by atoms with van der Waals surface area (Å²) in [5.74, 6) is -0.550. The second-order valence-corrected chi connectivity index (χ2v) is 9.62. The van der Waals surface area contributed by atoms with Crippen LogP contribution in [-0.4, -0.2) is 57.2 Å². The van der Waals surface area contributed by atoms with Crippen molar-refractivity contribution in [3.8, 4) is 11.5 Å². The van der Waals surface area contributed by atoms with E-state index in [0.29, 0.717) is 24.3 Å². The van der Waals surface area contributed by atoms with Gasteiger partial charge in [-0.3, -0.25) is 0 Å². The highest BCUT2D eigenvalue weighted by Gasteiger charge is 2.52. The molecule has 1 heterocycles. The second kappa shape index (κ2) is 8.86. The second-order valence-electron chi connectivity index (χ2n) is 7.75. The van der Waals surface area contributed by atoms with Crippen LogP contribution in [0.1, 0.15) is 23.5 Å². The van der Waals surface area contributed by atoms with Gasteiger partial charge >= 0.3 is 5.97 Å². The zero-order valence-electron chi connectivity index (χ0n) is 17.1. The molecule has 8 nitrogen and oxygen atoms in total. The number of nitrogens with one attached hydrogen (secondary N) is 1. The van der Waals surface area contributed by atoms with Crippen molar-refractivity contribution in [1.82, 2.24) is 4.72 Å². The fourth-order valence-electron chi connectivity index (χ4n) is 4.38. The fraction of sp³-hybridized carbons (Fsp3) is 0.409. The molecule has 0 saturated heterocycles. The summed E-state index contributed by atoms with van der Waals surface area (Å²) >= 11 is 0. The number of sulfonamides is 1. The molecule has 0 spiro atoms. The lowest BCUT2D eigenvalue weighted by molar-refractivity contribution is -0.139. The number of methoxy groups -OCH3 is 1. The van der Waals surface area contributed by atoms with Crippen LogP contribution < -0.4 is 14.2 Å². The maximum absolute atomic E-state index is 12.9. The molecule has 0 aromatic heterocycles. The van der Waals surface area contributed by atoms with Crippen LogP contribution in [0.2, 0.25) is 0 Å². The average Bonchev–Trinajstić information content (AvgIpc) is 3.28. The largest absolute Gasteiger partial charge is 0.485 e. The van der Waals surface area contributed by atoms with Gasteiger partial charge < -0.3 is 19.3 Å². The van der Waals surface area contributed by atoms with E-state index >= 15 is 0 Å². The van der Waals surface area contributed by atoms with E-state index in [1.165, 1.54) is 0 Å². The van der Waals surface area contributed by atoms with Crippen molar-refractivity contribution < 1.29 is 32.5 Å². The van der Waals surface area contributed by atoms with Crippen LogP contribution in [0.4, 0.5) is 0 Å². The Morgan fingerprint density at radius 2 is 1.97 bits per heavy atom. The number of hydrogen-bond donors (Lipinski definition) is 2. The number of aryl methyl sites for hydroxylation is 1. The quantitative estimate of drug-likeness (QED) is 0.604. The number of hydrogen-bond acceptors (Lipinski definition) is 6. The Bertz CT molecular complexity index is 1040. The molecule has 4 unspecified atom stereocenters. The number of aliphatic carboxylic acids is 1. The van der Waals surface area contributed by atoms with Crippen molar-refractivity contribution in [3.63, 3.8) is 0 Å². The molecule has 166 valence electrons. The fourth-order valence-corrected chi connectivity index (χ4v) is 5.72. The summed E-state index contributed by atoms with van der Waals surface area (Å²) < 4.78 is 45.6. The summed E-state index contributed by atoms with van der Waals surface area (Å²) in [5.41, 5.74) is 1.75. The highest BCUT2D eigenvalue weighted by atomic mass is 32.2. The highest BCUT2D eigenvalue weighted by Crippen LogP contribution is 2.51. The maximum atomic E-state index is 12.9. The van der Waals surface area contributed by atoms with Gasteiger partial charge in [0, 0.05) is 25.0 Å². The van der Waals surface area contributed by atoms with Crippen molar-refractivity contribution in [2.45, 2.75) is 37.0 Å². The number of carboxylic acid groups (broad SMARTS) is 1. The number of benzene rings is 2. The molecule has 1 aliphatic carbocycles. The summed E-state index contributed by atoms with van der Waals surface area (Å²) in [5, 5.41) is 8.89. The molecule has 0 amide bonds. The summed E-state index contributed by atoms with van der Waals surface area (Å²) in [6.07, 6.45) is 0.309. The van der Waals surface area contributed by atoms with E-state index in [1.807, 2.05) is 36.4 Å². The molecular formula is C22H25NO7S. The van der Waals surface area contributed by atoms with E-state index in [9.17, 15) is 13.2 Å². The smallest absolute Gasteiger partial charge is 0.341 e. The van der Waals surface area contributed by atoms with Gasteiger partial charge in [0.25, 0.3) is 0 Å². The number of para-hydroxylation sites is 1. The lowest BCUT2D eigenvalue weighted by Gasteiger charge is -2.24. The standard InChI is InChI=1S/C22H25NO7S/c1-28-18-12-17-20(15-8-5-9-16(22(15)30-17)29-13-19(24)25)21(18)23-31(26,27)11-10-14-6-3-2-4-7-14/h2-9,17-18,20-21,23H,10-13H2,1H3,(H,24,25). The SMILES string of the molecule is COC1CC2Oc3c(OCC(=O)O)cccc3C2C1NS(=O)(=O)CCc1ccccc1. The Morgan fingerprint density at radius 3 is 2.68 bits per heavy atom. The Labute approximate surface area is 181 Å². The average molecular weight is 448 g/mol. The molecule has 2 N–H and O–H groups in total. The number of carbonyl (C=O) groups is 1. The normalized spacial score (nSPS) is 24.3. The van der Waals surface area contributed by atoms with Crippen molar-refractivity contribution in [3.05, 3.63) is 59.7 Å². The zero-order valence-corrected chi connectivity index (χ0v) is 17.9. The lowest BCUT2D eigenvalue weighted by atomic mass is 9.94. The van der Waals surface area contributed by atoms with E-state index < -0.39 is 28.6 Å². The van der Waals surface area contributed by atoms with Crippen LogP contribution in [0.3, 0.4) is 0 Å². The predicted octanol–water partition coefficient (Wildman–Crippen LogP) is 1.94. The van der Waals surface area contributed by atoms with E-state index in [2.05, 4.69) is 4.72 Å². The van der Waals surface area contributed by atoms with Crippen LogP contribution >= 0.6 is 0 Å². The number of rotatable bonds is 9. The minimum absolute atomic E-state index is 0.0309. The molecule has 2 aromatic carbocycles. The Hall–Kier alpha value is -2.62. The van der Waals surface area contributed by atoms with Gasteiger partial charge in [0.15, 0.2) is 18.1 Å². The number of carboxylic acids is 1.